The van der Waals surface area contributed by atoms with Gasteiger partial charge in [0.15, 0.2) is 21.3 Å². The smallest absolute Gasteiger partial charge is 0.295 e. The van der Waals surface area contributed by atoms with Crippen molar-refractivity contribution in [3.05, 3.63) is 53.2 Å². The van der Waals surface area contributed by atoms with Gasteiger partial charge >= 0.3 is 0 Å². The summed E-state index contributed by atoms with van der Waals surface area (Å²) in [6, 6.07) is 6.81. The van der Waals surface area contributed by atoms with Gasteiger partial charge in [0.2, 0.25) is 0 Å². The maximum Gasteiger partial charge on any atom is 0.295 e. The Balaban J connectivity index is 1.60. The third-order valence-corrected chi connectivity index (χ3v) is 6.99. The van der Waals surface area contributed by atoms with Gasteiger partial charge in [0, 0.05) is 12.3 Å². The van der Waals surface area contributed by atoms with Crippen molar-refractivity contribution in [2.24, 2.45) is 0 Å². The molecule has 1 saturated carbocycles. The van der Waals surface area contributed by atoms with Crippen molar-refractivity contribution in [1.29, 1.82) is 0 Å². The molecule has 0 amide bonds. The maximum absolute atomic E-state index is 13.4. The van der Waals surface area contributed by atoms with E-state index in [0.29, 0.717) is 23.1 Å². The topological polar surface area (TPSA) is 126 Å². The second-order valence-electron chi connectivity index (χ2n) is 8.65. The molecule has 0 radical (unpaired) electrons. The maximum atomic E-state index is 13.4. The number of sulfone groups is 1. The van der Waals surface area contributed by atoms with Gasteiger partial charge in [-0.05, 0) is 50.3 Å². The molecule has 35 heavy (non-hydrogen) atoms. The predicted octanol–water partition coefficient (Wildman–Crippen LogP) is 5.07. The number of halogens is 2. The van der Waals surface area contributed by atoms with Crippen LogP contribution in [0.5, 0.6) is 0 Å². The summed E-state index contributed by atoms with van der Waals surface area (Å²) in [5, 5.41) is 6.11. The van der Waals surface area contributed by atoms with E-state index in [1.165, 1.54) is 6.20 Å². The van der Waals surface area contributed by atoms with Gasteiger partial charge < -0.3 is 15.6 Å². The molecular weight excluding hydrogens is 476 g/mol. The Labute approximate surface area is 200 Å². The third kappa shape index (κ3) is 4.78. The lowest BCUT2D eigenvalue weighted by molar-refractivity contribution is 0.142. The first-order valence-electron chi connectivity index (χ1n) is 11.0. The van der Waals surface area contributed by atoms with Gasteiger partial charge in [-0.15, -0.1) is 0 Å². The minimum atomic E-state index is -3.57. The van der Waals surface area contributed by atoms with Gasteiger partial charge in [-0.25, -0.2) is 32.2 Å². The fourth-order valence-electron chi connectivity index (χ4n) is 3.77. The molecular formula is C23H23F2N7O2S. The molecule has 3 heterocycles. The van der Waals surface area contributed by atoms with E-state index in [-0.39, 0.29) is 21.9 Å². The monoisotopic (exact) mass is 499 g/mol. The van der Waals surface area contributed by atoms with Crippen LogP contribution < -0.4 is 10.6 Å². The first kappa shape index (κ1) is 23.1. The number of aryl methyl sites for hydroxylation is 2. The van der Waals surface area contributed by atoms with Crippen molar-refractivity contribution < 1.29 is 17.2 Å². The largest absolute Gasteiger partial charge is 0.352 e. The number of hydrogen-bond acceptors (Lipinski definition) is 8. The number of nitrogens with zero attached hydrogens (tertiary/aromatic N) is 4. The zero-order valence-corrected chi connectivity index (χ0v) is 20.0. The number of H-pyrrole nitrogens is 1. The normalized spacial score (nSPS) is 14.0. The van der Waals surface area contributed by atoms with Crippen LogP contribution in [0.15, 0.2) is 35.4 Å². The zero-order valence-electron chi connectivity index (χ0n) is 19.2. The minimum Gasteiger partial charge on any atom is -0.352 e. The molecule has 3 aromatic heterocycles. The third-order valence-electron chi connectivity index (χ3n) is 5.85. The van der Waals surface area contributed by atoms with Crippen LogP contribution in [-0.2, 0) is 9.84 Å². The fraction of sp³-hybridized carbons (Fsp3) is 0.304. The van der Waals surface area contributed by atoms with Crippen LogP contribution in [0, 0.1) is 13.8 Å². The van der Waals surface area contributed by atoms with E-state index >= 15 is 0 Å². The van der Waals surface area contributed by atoms with Crippen LogP contribution in [0.4, 0.5) is 31.8 Å². The number of hydrogen-bond donors (Lipinski definition) is 3. The second kappa shape index (κ2) is 8.52. The van der Waals surface area contributed by atoms with Crippen molar-refractivity contribution in [3.63, 3.8) is 0 Å². The van der Waals surface area contributed by atoms with E-state index < -0.39 is 22.1 Å². The lowest BCUT2D eigenvalue weighted by Gasteiger charge is -2.14. The lowest BCUT2D eigenvalue weighted by Crippen LogP contribution is -2.05. The van der Waals surface area contributed by atoms with Gasteiger partial charge in [0.1, 0.15) is 17.2 Å². The number of aromatic amines is 1. The predicted molar refractivity (Wildman–Crippen MR) is 128 cm³/mol. The Morgan fingerprint density at radius 3 is 2.43 bits per heavy atom. The van der Waals surface area contributed by atoms with Gasteiger partial charge in [-0.3, -0.25) is 4.98 Å². The molecule has 0 bridgehead atoms. The number of anilines is 4. The number of benzene rings is 1. The first-order chi connectivity index (χ1) is 16.6. The number of aromatic nitrogens is 5. The standard InChI is InChI=1S/C23H23F2N7O2S/c1-11-12(2)27-19(10-26-11)29-18-9-16(20-22(30-18)32-23(31-20)21(24)25)28-15-7-6-14(13-4-5-13)8-17(15)35(3,33)34/h6-10,13,21H,4-5H2,1-3H3,(H3,27,28,29,30,31,32). The van der Waals surface area contributed by atoms with Crippen molar-refractivity contribution in [2.75, 3.05) is 16.9 Å². The summed E-state index contributed by atoms with van der Waals surface area (Å²) in [6.45, 7) is 3.65. The fourth-order valence-corrected chi connectivity index (χ4v) is 4.64. The number of alkyl halides is 2. The van der Waals surface area contributed by atoms with E-state index in [9.17, 15) is 17.2 Å². The van der Waals surface area contributed by atoms with Crippen LogP contribution in [-0.4, -0.2) is 39.6 Å². The molecule has 1 aromatic carbocycles. The van der Waals surface area contributed by atoms with E-state index in [1.54, 1.807) is 18.2 Å². The highest BCUT2D eigenvalue weighted by molar-refractivity contribution is 7.90. The molecule has 0 aliphatic heterocycles. The summed E-state index contributed by atoms with van der Waals surface area (Å²) in [6.07, 6.45) is 1.91. The molecule has 0 saturated heterocycles. The van der Waals surface area contributed by atoms with Gasteiger partial charge in [0.05, 0.1) is 33.9 Å². The van der Waals surface area contributed by atoms with Crippen LogP contribution in [0.3, 0.4) is 0 Å². The number of pyridine rings is 1. The van der Waals surface area contributed by atoms with Crippen molar-refractivity contribution in [3.8, 4) is 0 Å². The van der Waals surface area contributed by atoms with Crippen LogP contribution in [0.25, 0.3) is 11.2 Å². The molecule has 3 N–H and O–H groups in total. The highest BCUT2D eigenvalue weighted by atomic mass is 32.2. The van der Waals surface area contributed by atoms with Crippen molar-refractivity contribution >= 4 is 44.0 Å². The Bertz CT molecular complexity index is 1550. The molecule has 1 aliphatic carbocycles. The highest BCUT2D eigenvalue weighted by Crippen LogP contribution is 2.42. The van der Waals surface area contributed by atoms with E-state index in [1.807, 2.05) is 19.9 Å². The van der Waals surface area contributed by atoms with Crippen molar-refractivity contribution in [1.82, 2.24) is 24.9 Å². The zero-order chi connectivity index (χ0) is 24.9. The van der Waals surface area contributed by atoms with Crippen molar-refractivity contribution in [2.45, 2.75) is 43.9 Å². The van der Waals surface area contributed by atoms with Crippen LogP contribution >= 0.6 is 0 Å². The first-order valence-corrected chi connectivity index (χ1v) is 12.8. The number of fused-ring (bicyclic) bond motifs is 1. The molecule has 4 aromatic rings. The van der Waals surface area contributed by atoms with Crippen LogP contribution in [0.2, 0.25) is 0 Å². The average Bonchev–Trinajstić information content (AvgIpc) is 3.54. The van der Waals surface area contributed by atoms with Gasteiger partial charge in [-0.2, -0.15) is 0 Å². The minimum absolute atomic E-state index is 0.111. The van der Waals surface area contributed by atoms with Gasteiger partial charge in [0.25, 0.3) is 6.43 Å². The molecule has 1 aliphatic rings. The number of nitrogens with one attached hydrogen (secondary N) is 3. The summed E-state index contributed by atoms with van der Waals surface area (Å²) in [5.74, 6) is 0.542. The summed E-state index contributed by atoms with van der Waals surface area (Å²) >= 11 is 0. The summed E-state index contributed by atoms with van der Waals surface area (Å²) in [7, 11) is -3.57. The summed E-state index contributed by atoms with van der Waals surface area (Å²) in [4.78, 5) is 19.7. The summed E-state index contributed by atoms with van der Waals surface area (Å²) < 4.78 is 51.9. The molecule has 182 valence electrons. The SMILES string of the molecule is Cc1ncc(Nc2cc(Nc3ccc(C4CC4)cc3S(C)(=O)=O)c3nc(C(F)F)[nH]c3n2)nc1C. The average molecular weight is 500 g/mol. The number of imidazole rings is 1. The Hall–Kier alpha value is -3.67. The lowest BCUT2D eigenvalue weighted by atomic mass is 10.1. The molecule has 0 spiro atoms. The molecule has 5 rings (SSSR count). The second-order valence-corrected chi connectivity index (χ2v) is 10.6. The van der Waals surface area contributed by atoms with Crippen LogP contribution in [0.1, 0.15) is 48.0 Å². The highest BCUT2D eigenvalue weighted by Gasteiger charge is 2.26. The Morgan fingerprint density at radius 2 is 1.77 bits per heavy atom. The number of rotatable bonds is 7. The van der Waals surface area contributed by atoms with Gasteiger partial charge in [-0.1, -0.05) is 6.07 Å². The Kier molecular flexibility index (Phi) is 5.62. The quantitative estimate of drug-likeness (QED) is 0.322. The van der Waals surface area contributed by atoms with E-state index in [4.69, 9.17) is 0 Å². The molecule has 1 fully saturated rings. The molecule has 0 unspecified atom stereocenters. The molecule has 9 nitrogen and oxygen atoms in total. The molecule has 0 atom stereocenters. The summed E-state index contributed by atoms with van der Waals surface area (Å²) in [5.41, 5.74) is 3.36. The molecule has 12 heteroatoms. The van der Waals surface area contributed by atoms with E-state index in [0.717, 1.165) is 36.0 Å². The Morgan fingerprint density at radius 1 is 1.00 bits per heavy atom. The van der Waals surface area contributed by atoms with E-state index in [2.05, 4.69) is 35.6 Å².